The number of aromatic nitrogens is 1. The van der Waals surface area contributed by atoms with Crippen LogP contribution in [0.15, 0.2) is 28.9 Å². The molecule has 1 aromatic carbocycles. The number of amides is 3. The van der Waals surface area contributed by atoms with Crippen molar-refractivity contribution in [3.8, 4) is 0 Å². The number of hydrogen-bond acceptors (Lipinski definition) is 4. The number of carbonyl (C=O) groups is 3. The molecule has 0 aliphatic rings. The summed E-state index contributed by atoms with van der Waals surface area (Å²) in [4.78, 5) is 37.1. The van der Waals surface area contributed by atoms with Crippen LogP contribution in [0.1, 0.15) is 10.4 Å². The van der Waals surface area contributed by atoms with E-state index in [1.807, 2.05) is 17.4 Å². The number of H-pyrrole nitrogens is 1. The van der Waals surface area contributed by atoms with Crippen LogP contribution in [-0.4, -0.2) is 36.5 Å². The fourth-order valence-corrected chi connectivity index (χ4v) is 2.06. The van der Waals surface area contributed by atoms with E-state index in [1.165, 1.54) is 13.2 Å². The highest BCUT2D eigenvalue weighted by Crippen LogP contribution is 2.23. The van der Waals surface area contributed by atoms with E-state index < -0.39 is 24.5 Å². The summed E-state index contributed by atoms with van der Waals surface area (Å²) >= 11 is 3.32. The van der Waals surface area contributed by atoms with Gasteiger partial charge in [0.15, 0.2) is 6.61 Å². The highest BCUT2D eigenvalue weighted by atomic mass is 79.9. The maximum Gasteiger partial charge on any atom is 0.340 e. The van der Waals surface area contributed by atoms with E-state index >= 15 is 0 Å². The smallest absolute Gasteiger partial charge is 0.340 e. The van der Waals surface area contributed by atoms with Crippen molar-refractivity contribution in [2.45, 2.75) is 0 Å². The third kappa shape index (κ3) is 3.60. The van der Waals surface area contributed by atoms with Crippen molar-refractivity contribution < 1.29 is 19.1 Å². The van der Waals surface area contributed by atoms with Gasteiger partial charge in [0, 0.05) is 28.6 Å². The highest BCUT2D eigenvalue weighted by Gasteiger charge is 2.16. The number of aromatic amines is 1. The number of imide groups is 1. The molecule has 0 radical (unpaired) electrons. The number of ether oxygens (including phenoxy) is 1. The van der Waals surface area contributed by atoms with Gasteiger partial charge < -0.3 is 15.0 Å². The fraction of sp³-hybridized carbons (Fsp3) is 0.154. The van der Waals surface area contributed by atoms with Crippen LogP contribution in [0.3, 0.4) is 0 Å². The molecule has 0 spiro atoms. The fourth-order valence-electron chi connectivity index (χ4n) is 1.70. The molecule has 21 heavy (non-hydrogen) atoms. The van der Waals surface area contributed by atoms with Crippen molar-refractivity contribution in [1.29, 1.82) is 0 Å². The van der Waals surface area contributed by atoms with Gasteiger partial charge in [0.05, 0.1) is 5.56 Å². The Morgan fingerprint density at radius 3 is 2.81 bits per heavy atom. The number of halogens is 1. The van der Waals surface area contributed by atoms with E-state index in [2.05, 4.69) is 26.2 Å². The van der Waals surface area contributed by atoms with Crippen LogP contribution in [0, 0.1) is 0 Å². The quantitative estimate of drug-likeness (QED) is 0.728. The minimum Gasteiger partial charge on any atom is -0.452 e. The summed E-state index contributed by atoms with van der Waals surface area (Å²) in [5, 5.41) is 4.90. The molecule has 110 valence electrons. The van der Waals surface area contributed by atoms with E-state index in [9.17, 15) is 14.4 Å². The molecule has 0 atom stereocenters. The Balaban J connectivity index is 2.04. The highest BCUT2D eigenvalue weighted by molar-refractivity contribution is 9.10. The number of esters is 1. The van der Waals surface area contributed by atoms with E-state index in [-0.39, 0.29) is 0 Å². The van der Waals surface area contributed by atoms with Crippen molar-refractivity contribution in [1.82, 2.24) is 15.6 Å². The molecule has 0 unspecified atom stereocenters. The van der Waals surface area contributed by atoms with Gasteiger partial charge in [-0.1, -0.05) is 15.9 Å². The van der Waals surface area contributed by atoms with Gasteiger partial charge in [-0.15, -0.1) is 0 Å². The summed E-state index contributed by atoms with van der Waals surface area (Å²) in [6, 6.07) is 4.76. The summed E-state index contributed by atoms with van der Waals surface area (Å²) in [5.74, 6) is -1.35. The first-order chi connectivity index (χ1) is 10.0. The molecular formula is C13H12BrN3O4. The first kappa shape index (κ1) is 15.0. The van der Waals surface area contributed by atoms with Crippen LogP contribution in [0.2, 0.25) is 0 Å². The Bertz CT molecular complexity index is 711. The van der Waals surface area contributed by atoms with Gasteiger partial charge in [0.2, 0.25) is 0 Å². The molecule has 3 amide bonds. The zero-order chi connectivity index (χ0) is 15.4. The molecule has 0 bridgehead atoms. The minimum absolute atomic E-state index is 0.319. The second kappa shape index (κ2) is 6.40. The second-order valence-corrected chi connectivity index (χ2v) is 5.01. The summed E-state index contributed by atoms with van der Waals surface area (Å²) in [5.41, 5.74) is 1.10. The Morgan fingerprint density at radius 2 is 2.10 bits per heavy atom. The first-order valence-corrected chi connectivity index (χ1v) is 6.76. The van der Waals surface area contributed by atoms with Crippen molar-refractivity contribution in [3.63, 3.8) is 0 Å². The second-order valence-electron chi connectivity index (χ2n) is 4.10. The molecule has 0 saturated heterocycles. The predicted octanol–water partition coefficient (Wildman–Crippen LogP) is 1.54. The van der Waals surface area contributed by atoms with E-state index in [4.69, 9.17) is 4.74 Å². The van der Waals surface area contributed by atoms with E-state index in [0.29, 0.717) is 10.9 Å². The standard InChI is InChI=1S/C13H12BrN3O4/c1-15-13(20)17-11(18)6-21-12(19)9-5-16-10-3-2-7(14)4-8(9)10/h2-5,16H,6H2,1H3,(H2,15,17,18,20). The zero-order valence-corrected chi connectivity index (χ0v) is 12.6. The van der Waals surface area contributed by atoms with Crippen LogP contribution < -0.4 is 10.6 Å². The van der Waals surface area contributed by atoms with Crippen molar-refractivity contribution in [2.75, 3.05) is 13.7 Å². The Labute approximate surface area is 128 Å². The average Bonchev–Trinajstić information content (AvgIpc) is 2.87. The van der Waals surface area contributed by atoms with Crippen molar-refractivity contribution >= 4 is 44.7 Å². The third-order valence-corrected chi connectivity index (χ3v) is 3.17. The summed E-state index contributed by atoms with van der Waals surface area (Å²) in [6.45, 7) is -0.535. The molecule has 7 nitrogen and oxygen atoms in total. The number of carbonyl (C=O) groups excluding carboxylic acids is 3. The Hall–Kier alpha value is -2.35. The predicted molar refractivity (Wildman–Crippen MR) is 78.9 cm³/mol. The number of fused-ring (bicyclic) bond motifs is 1. The summed E-state index contributed by atoms with van der Waals surface area (Å²) in [7, 11) is 1.37. The van der Waals surface area contributed by atoms with Gasteiger partial charge in [-0.25, -0.2) is 9.59 Å². The van der Waals surface area contributed by atoms with Gasteiger partial charge in [0.25, 0.3) is 5.91 Å². The number of hydrogen-bond donors (Lipinski definition) is 3. The minimum atomic E-state index is -0.705. The summed E-state index contributed by atoms with van der Waals surface area (Å²) < 4.78 is 5.70. The van der Waals surface area contributed by atoms with Crippen LogP contribution in [0.25, 0.3) is 10.9 Å². The lowest BCUT2D eigenvalue weighted by Gasteiger charge is -2.04. The molecule has 1 heterocycles. The topological polar surface area (TPSA) is 100 Å². The van der Waals surface area contributed by atoms with Crippen LogP contribution in [0.5, 0.6) is 0 Å². The van der Waals surface area contributed by atoms with Crippen molar-refractivity contribution in [2.24, 2.45) is 0 Å². The van der Waals surface area contributed by atoms with E-state index in [0.717, 1.165) is 9.99 Å². The molecule has 0 fully saturated rings. The van der Waals surface area contributed by atoms with Crippen LogP contribution in [0.4, 0.5) is 4.79 Å². The average molecular weight is 354 g/mol. The summed E-state index contributed by atoms with van der Waals surface area (Å²) in [6.07, 6.45) is 1.51. The molecule has 2 rings (SSSR count). The monoisotopic (exact) mass is 353 g/mol. The van der Waals surface area contributed by atoms with Gasteiger partial charge in [-0.05, 0) is 18.2 Å². The van der Waals surface area contributed by atoms with Gasteiger partial charge in [-0.3, -0.25) is 10.1 Å². The molecule has 0 aliphatic heterocycles. The molecule has 0 saturated carbocycles. The number of urea groups is 1. The molecule has 0 aliphatic carbocycles. The SMILES string of the molecule is CNC(=O)NC(=O)COC(=O)c1c[nH]c2ccc(Br)cc12. The molecule has 8 heteroatoms. The lowest BCUT2D eigenvalue weighted by Crippen LogP contribution is -2.39. The molecular weight excluding hydrogens is 342 g/mol. The van der Waals surface area contributed by atoms with Gasteiger partial charge >= 0.3 is 12.0 Å². The largest absolute Gasteiger partial charge is 0.452 e. The lowest BCUT2D eigenvalue weighted by molar-refractivity contribution is -0.123. The normalized spacial score (nSPS) is 10.2. The van der Waals surface area contributed by atoms with Crippen LogP contribution in [-0.2, 0) is 9.53 Å². The van der Waals surface area contributed by atoms with E-state index in [1.54, 1.807) is 6.07 Å². The molecule has 3 N–H and O–H groups in total. The van der Waals surface area contributed by atoms with Gasteiger partial charge in [-0.2, -0.15) is 0 Å². The van der Waals surface area contributed by atoms with Crippen molar-refractivity contribution in [3.05, 3.63) is 34.4 Å². The number of nitrogens with one attached hydrogen (secondary N) is 3. The molecule has 2 aromatic rings. The van der Waals surface area contributed by atoms with Crippen LogP contribution >= 0.6 is 15.9 Å². The maximum absolute atomic E-state index is 12.0. The zero-order valence-electron chi connectivity index (χ0n) is 11.0. The maximum atomic E-state index is 12.0. The number of benzene rings is 1. The Morgan fingerprint density at radius 1 is 1.33 bits per heavy atom. The first-order valence-electron chi connectivity index (χ1n) is 5.96. The molecule has 1 aromatic heterocycles. The number of rotatable bonds is 3. The third-order valence-electron chi connectivity index (χ3n) is 2.68. The Kier molecular flexibility index (Phi) is 4.59. The lowest BCUT2D eigenvalue weighted by atomic mass is 10.2. The van der Waals surface area contributed by atoms with Gasteiger partial charge in [0.1, 0.15) is 0 Å².